The molecule has 82 valence electrons. The van der Waals surface area contributed by atoms with Gasteiger partial charge in [-0.1, -0.05) is 0 Å². The van der Waals surface area contributed by atoms with Crippen LogP contribution in [-0.4, -0.2) is 15.3 Å². The molecule has 0 unspecified atom stereocenters. The summed E-state index contributed by atoms with van der Waals surface area (Å²) < 4.78 is 0. The fourth-order valence-electron chi connectivity index (χ4n) is 1.52. The van der Waals surface area contributed by atoms with Crippen molar-refractivity contribution in [2.24, 2.45) is 0 Å². The number of aromatic hydroxyl groups is 3. The van der Waals surface area contributed by atoms with Gasteiger partial charge < -0.3 is 21.1 Å². The van der Waals surface area contributed by atoms with Crippen LogP contribution in [0.15, 0.2) is 36.4 Å². The topological polar surface area (TPSA) is 86.7 Å². The molecule has 0 amide bonds. The van der Waals surface area contributed by atoms with Gasteiger partial charge >= 0.3 is 0 Å². The number of phenolic OH excluding ortho intramolecular Hbond substituents is 3. The number of hydrogen-bond acceptors (Lipinski definition) is 4. The summed E-state index contributed by atoms with van der Waals surface area (Å²) in [6, 6.07) is 8.73. The maximum absolute atomic E-state index is 9.65. The Morgan fingerprint density at radius 3 is 2.19 bits per heavy atom. The minimum Gasteiger partial charge on any atom is -0.508 e. The lowest BCUT2D eigenvalue weighted by molar-refractivity contribution is 0.450. The van der Waals surface area contributed by atoms with E-state index in [0.717, 1.165) is 0 Å². The first-order chi connectivity index (χ1) is 7.58. The predicted octanol–water partition coefficient (Wildman–Crippen LogP) is 2.05. The van der Waals surface area contributed by atoms with Gasteiger partial charge in [-0.25, -0.2) is 0 Å². The first-order valence-corrected chi connectivity index (χ1v) is 4.69. The molecule has 5 N–H and O–H groups in total. The standard InChI is InChI=1S/C12H11NO3/c13-7-1-4-11(15)10(5-7)9-3-2-8(14)6-12(9)16/h1-6,14-16H,13H2. The Kier molecular flexibility index (Phi) is 2.32. The molecule has 4 heteroatoms. The molecule has 2 rings (SSSR count). The second-order valence-electron chi connectivity index (χ2n) is 3.48. The molecule has 0 aromatic heterocycles. The minimum atomic E-state index is -0.110. The number of phenols is 3. The van der Waals surface area contributed by atoms with E-state index in [1.165, 1.54) is 24.3 Å². The van der Waals surface area contributed by atoms with E-state index >= 15 is 0 Å². The van der Waals surface area contributed by atoms with E-state index in [1.54, 1.807) is 12.1 Å². The predicted molar refractivity (Wildman–Crippen MR) is 61.3 cm³/mol. The zero-order valence-electron chi connectivity index (χ0n) is 8.38. The van der Waals surface area contributed by atoms with Gasteiger partial charge in [-0.15, -0.1) is 0 Å². The van der Waals surface area contributed by atoms with Crippen LogP contribution in [0.25, 0.3) is 11.1 Å². The van der Waals surface area contributed by atoms with Crippen molar-refractivity contribution in [1.82, 2.24) is 0 Å². The van der Waals surface area contributed by atoms with Crippen LogP contribution in [0.3, 0.4) is 0 Å². The van der Waals surface area contributed by atoms with Crippen molar-refractivity contribution in [2.45, 2.75) is 0 Å². The molecule has 4 nitrogen and oxygen atoms in total. The molecule has 2 aromatic rings. The molecule has 0 radical (unpaired) electrons. The average molecular weight is 217 g/mol. The first kappa shape index (κ1) is 10.2. The summed E-state index contributed by atoms with van der Waals surface area (Å²) in [5.41, 5.74) is 6.94. The zero-order valence-corrected chi connectivity index (χ0v) is 8.38. The van der Waals surface area contributed by atoms with Crippen LogP contribution in [0.4, 0.5) is 5.69 Å². The van der Waals surface area contributed by atoms with Gasteiger partial charge in [0.15, 0.2) is 0 Å². The highest BCUT2D eigenvalue weighted by Gasteiger charge is 2.09. The van der Waals surface area contributed by atoms with Crippen LogP contribution in [-0.2, 0) is 0 Å². The molecule has 0 fully saturated rings. The zero-order chi connectivity index (χ0) is 11.7. The van der Waals surface area contributed by atoms with E-state index in [0.29, 0.717) is 16.8 Å². The SMILES string of the molecule is Nc1ccc(O)c(-c2ccc(O)cc2O)c1. The highest BCUT2D eigenvalue weighted by Crippen LogP contribution is 2.37. The van der Waals surface area contributed by atoms with Gasteiger partial charge in [0.05, 0.1) is 0 Å². The molecular formula is C12H11NO3. The van der Waals surface area contributed by atoms with Gasteiger partial charge in [-0.2, -0.15) is 0 Å². The molecule has 0 aliphatic heterocycles. The molecule has 0 atom stereocenters. The van der Waals surface area contributed by atoms with Gasteiger partial charge in [0, 0.05) is 22.9 Å². The van der Waals surface area contributed by atoms with E-state index in [1.807, 2.05) is 0 Å². The summed E-state index contributed by atoms with van der Waals surface area (Å²) in [5.74, 6) is -0.124. The normalized spacial score (nSPS) is 10.2. The van der Waals surface area contributed by atoms with E-state index in [2.05, 4.69) is 0 Å². The van der Waals surface area contributed by atoms with Crippen molar-refractivity contribution >= 4 is 5.69 Å². The van der Waals surface area contributed by atoms with Crippen molar-refractivity contribution < 1.29 is 15.3 Å². The van der Waals surface area contributed by atoms with Crippen LogP contribution in [0.2, 0.25) is 0 Å². The number of hydrogen-bond donors (Lipinski definition) is 4. The molecule has 0 saturated carbocycles. The van der Waals surface area contributed by atoms with Crippen molar-refractivity contribution in [3.63, 3.8) is 0 Å². The molecule has 16 heavy (non-hydrogen) atoms. The Morgan fingerprint density at radius 2 is 1.50 bits per heavy atom. The Morgan fingerprint density at radius 1 is 0.750 bits per heavy atom. The lowest BCUT2D eigenvalue weighted by atomic mass is 10.0. The summed E-state index contributed by atoms with van der Waals surface area (Å²) in [7, 11) is 0. The Labute approximate surface area is 92.2 Å². The maximum Gasteiger partial charge on any atom is 0.127 e. The van der Waals surface area contributed by atoms with E-state index in [-0.39, 0.29) is 17.2 Å². The van der Waals surface area contributed by atoms with Crippen LogP contribution < -0.4 is 5.73 Å². The highest BCUT2D eigenvalue weighted by molar-refractivity contribution is 5.78. The van der Waals surface area contributed by atoms with Crippen LogP contribution in [0.5, 0.6) is 17.2 Å². The largest absolute Gasteiger partial charge is 0.508 e. The second kappa shape index (κ2) is 3.66. The Hall–Kier alpha value is -2.36. The summed E-state index contributed by atoms with van der Waals surface area (Å²) in [6.07, 6.45) is 0. The molecule has 0 bridgehead atoms. The third-order valence-electron chi connectivity index (χ3n) is 2.29. The Bertz CT molecular complexity index is 538. The van der Waals surface area contributed by atoms with Crippen LogP contribution in [0.1, 0.15) is 0 Å². The number of nitrogens with two attached hydrogens (primary N) is 1. The summed E-state index contributed by atoms with van der Waals surface area (Å²) in [4.78, 5) is 0. The molecule has 2 aromatic carbocycles. The monoisotopic (exact) mass is 217 g/mol. The van der Waals surface area contributed by atoms with Crippen LogP contribution in [0, 0.1) is 0 Å². The second-order valence-corrected chi connectivity index (χ2v) is 3.48. The van der Waals surface area contributed by atoms with Crippen molar-refractivity contribution in [3.05, 3.63) is 36.4 Å². The van der Waals surface area contributed by atoms with Crippen molar-refractivity contribution in [1.29, 1.82) is 0 Å². The quantitative estimate of drug-likeness (QED) is 0.435. The molecule has 0 saturated heterocycles. The number of nitrogen functional groups attached to an aromatic ring is 1. The average Bonchev–Trinajstić information content (AvgIpc) is 2.22. The van der Waals surface area contributed by atoms with Gasteiger partial charge in [-0.05, 0) is 30.3 Å². The molecule has 0 aliphatic rings. The summed E-state index contributed by atoms with van der Waals surface area (Å²) in [5, 5.41) is 28.5. The first-order valence-electron chi connectivity index (χ1n) is 4.69. The minimum absolute atomic E-state index is 0.0233. The van der Waals surface area contributed by atoms with Gasteiger partial charge in [0.25, 0.3) is 0 Å². The highest BCUT2D eigenvalue weighted by atomic mass is 16.3. The molecule has 0 spiro atoms. The van der Waals surface area contributed by atoms with Gasteiger partial charge in [0.2, 0.25) is 0 Å². The summed E-state index contributed by atoms with van der Waals surface area (Å²) >= 11 is 0. The maximum atomic E-state index is 9.65. The number of benzene rings is 2. The van der Waals surface area contributed by atoms with Gasteiger partial charge in [0.1, 0.15) is 17.2 Å². The van der Waals surface area contributed by atoms with Crippen LogP contribution >= 0.6 is 0 Å². The fraction of sp³-hybridized carbons (Fsp3) is 0. The lowest BCUT2D eigenvalue weighted by Gasteiger charge is -2.08. The van der Waals surface area contributed by atoms with Crippen molar-refractivity contribution in [3.8, 4) is 28.4 Å². The lowest BCUT2D eigenvalue weighted by Crippen LogP contribution is -1.86. The van der Waals surface area contributed by atoms with E-state index in [4.69, 9.17) is 10.8 Å². The molecule has 0 aliphatic carbocycles. The summed E-state index contributed by atoms with van der Waals surface area (Å²) in [6.45, 7) is 0. The van der Waals surface area contributed by atoms with E-state index in [9.17, 15) is 10.2 Å². The fourth-order valence-corrected chi connectivity index (χ4v) is 1.52. The Balaban J connectivity index is 2.62. The smallest absolute Gasteiger partial charge is 0.127 e. The van der Waals surface area contributed by atoms with Gasteiger partial charge in [-0.3, -0.25) is 0 Å². The number of anilines is 1. The molecular weight excluding hydrogens is 206 g/mol. The third-order valence-corrected chi connectivity index (χ3v) is 2.29. The number of rotatable bonds is 1. The van der Waals surface area contributed by atoms with Crippen molar-refractivity contribution in [2.75, 3.05) is 5.73 Å². The third kappa shape index (κ3) is 1.72. The van der Waals surface area contributed by atoms with E-state index < -0.39 is 0 Å². The molecule has 0 heterocycles.